The van der Waals surface area contributed by atoms with E-state index in [2.05, 4.69) is 48.2 Å². The van der Waals surface area contributed by atoms with Gasteiger partial charge in [-0.2, -0.15) is 0 Å². The highest BCUT2D eigenvalue weighted by atomic mass is 16.5. The molecule has 2 amide bonds. The molecular formula is C26H33N3O3. The quantitative estimate of drug-likeness (QED) is 0.725. The minimum absolute atomic E-state index is 0.152. The fourth-order valence-corrected chi connectivity index (χ4v) is 4.40. The molecule has 0 aliphatic carbocycles. The third-order valence-corrected chi connectivity index (χ3v) is 6.43. The summed E-state index contributed by atoms with van der Waals surface area (Å²) in [6.45, 7) is 9.63. The fraction of sp³-hybridized carbons (Fsp3) is 0.462. The van der Waals surface area contributed by atoms with Crippen LogP contribution in [0.5, 0.6) is 5.75 Å². The second-order valence-electron chi connectivity index (χ2n) is 8.87. The van der Waals surface area contributed by atoms with Gasteiger partial charge in [-0.05, 0) is 36.6 Å². The van der Waals surface area contributed by atoms with Gasteiger partial charge in [0.15, 0.2) is 0 Å². The summed E-state index contributed by atoms with van der Waals surface area (Å²) in [7, 11) is 0. The van der Waals surface area contributed by atoms with Crippen molar-refractivity contribution in [2.45, 2.75) is 39.8 Å². The highest BCUT2D eigenvalue weighted by Crippen LogP contribution is 2.26. The normalized spacial score (nSPS) is 16.8. The predicted molar refractivity (Wildman–Crippen MR) is 124 cm³/mol. The summed E-state index contributed by atoms with van der Waals surface area (Å²) in [5.74, 6) is 1.20. The van der Waals surface area contributed by atoms with Gasteiger partial charge in [-0.3, -0.25) is 14.5 Å². The molecule has 4 rings (SSSR count). The first kappa shape index (κ1) is 22.3. The minimum atomic E-state index is 0.152. The second-order valence-corrected chi connectivity index (χ2v) is 8.87. The van der Waals surface area contributed by atoms with E-state index >= 15 is 0 Å². The lowest BCUT2D eigenvalue weighted by molar-refractivity contribution is -0.132. The minimum Gasteiger partial charge on any atom is -0.491 e. The molecule has 6 heteroatoms. The summed E-state index contributed by atoms with van der Waals surface area (Å²) in [6.07, 6.45) is 1.27. The Kier molecular flexibility index (Phi) is 7.10. The van der Waals surface area contributed by atoms with Crippen molar-refractivity contribution in [2.24, 2.45) is 0 Å². The predicted octanol–water partition coefficient (Wildman–Crippen LogP) is 3.01. The molecule has 0 N–H and O–H groups in total. The van der Waals surface area contributed by atoms with Crippen molar-refractivity contribution in [3.63, 3.8) is 0 Å². The van der Waals surface area contributed by atoms with Crippen LogP contribution >= 0.6 is 0 Å². The van der Waals surface area contributed by atoms with Crippen molar-refractivity contribution >= 4 is 11.8 Å². The molecule has 6 nitrogen and oxygen atoms in total. The number of hydrogen-bond donors (Lipinski definition) is 0. The van der Waals surface area contributed by atoms with Crippen LogP contribution in [0, 0.1) is 6.92 Å². The summed E-state index contributed by atoms with van der Waals surface area (Å²) >= 11 is 0. The molecule has 170 valence electrons. The van der Waals surface area contributed by atoms with Gasteiger partial charge < -0.3 is 14.5 Å². The van der Waals surface area contributed by atoms with Crippen molar-refractivity contribution in [3.05, 3.63) is 64.7 Å². The molecule has 0 spiro atoms. The van der Waals surface area contributed by atoms with Crippen LogP contribution in [0.4, 0.5) is 0 Å². The van der Waals surface area contributed by atoms with Crippen LogP contribution in [0.25, 0.3) is 0 Å². The first-order chi connectivity index (χ1) is 15.5. The zero-order valence-electron chi connectivity index (χ0n) is 19.2. The SMILES string of the molecule is CC(=O)N1CCN(Cc2ccc3c(c2)CN(C(=O)CCc2ccc(C)cc2)CCO3)CC1. The largest absolute Gasteiger partial charge is 0.491 e. The van der Waals surface area contributed by atoms with Gasteiger partial charge in [-0.25, -0.2) is 0 Å². The topological polar surface area (TPSA) is 53.1 Å². The molecule has 0 unspecified atom stereocenters. The van der Waals surface area contributed by atoms with Gasteiger partial charge in [0, 0.05) is 58.2 Å². The summed E-state index contributed by atoms with van der Waals surface area (Å²) < 4.78 is 5.94. The Morgan fingerprint density at radius 3 is 2.34 bits per heavy atom. The Balaban J connectivity index is 1.35. The third-order valence-electron chi connectivity index (χ3n) is 6.43. The van der Waals surface area contributed by atoms with Crippen LogP contribution in [0.3, 0.4) is 0 Å². The number of hydrogen-bond acceptors (Lipinski definition) is 4. The number of ether oxygens (including phenoxy) is 1. The molecule has 2 aromatic carbocycles. The van der Waals surface area contributed by atoms with E-state index in [-0.39, 0.29) is 11.8 Å². The monoisotopic (exact) mass is 435 g/mol. The van der Waals surface area contributed by atoms with Crippen LogP contribution in [0.15, 0.2) is 42.5 Å². The Bertz CT molecular complexity index is 949. The highest BCUT2D eigenvalue weighted by molar-refractivity contribution is 5.76. The van der Waals surface area contributed by atoms with Gasteiger partial charge in [0.1, 0.15) is 12.4 Å². The number of piperazine rings is 1. The Hall–Kier alpha value is -2.86. The lowest BCUT2D eigenvalue weighted by Crippen LogP contribution is -2.47. The molecule has 0 aromatic heterocycles. The van der Waals surface area contributed by atoms with Crippen molar-refractivity contribution in [2.75, 3.05) is 39.3 Å². The number of aryl methyl sites for hydroxylation is 2. The third kappa shape index (κ3) is 5.68. The van der Waals surface area contributed by atoms with E-state index in [4.69, 9.17) is 4.74 Å². The van der Waals surface area contributed by atoms with Gasteiger partial charge in [-0.1, -0.05) is 35.9 Å². The number of carbonyl (C=O) groups excluding carboxylic acids is 2. The van der Waals surface area contributed by atoms with Gasteiger partial charge in [0.2, 0.25) is 11.8 Å². The zero-order chi connectivity index (χ0) is 22.5. The van der Waals surface area contributed by atoms with E-state index in [9.17, 15) is 9.59 Å². The van der Waals surface area contributed by atoms with Gasteiger partial charge in [0.05, 0.1) is 6.54 Å². The maximum atomic E-state index is 12.9. The molecule has 2 aliphatic rings. The van der Waals surface area contributed by atoms with Gasteiger partial charge in [-0.15, -0.1) is 0 Å². The number of fused-ring (bicyclic) bond motifs is 1. The van der Waals surface area contributed by atoms with Crippen LogP contribution < -0.4 is 4.74 Å². The van der Waals surface area contributed by atoms with E-state index < -0.39 is 0 Å². The smallest absolute Gasteiger partial charge is 0.223 e. The first-order valence-corrected chi connectivity index (χ1v) is 11.5. The fourth-order valence-electron chi connectivity index (χ4n) is 4.40. The van der Waals surface area contributed by atoms with Crippen molar-refractivity contribution in [1.82, 2.24) is 14.7 Å². The van der Waals surface area contributed by atoms with Crippen molar-refractivity contribution in [1.29, 1.82) is 0 Å². The summed E-state index contributed by atoms with van der Waals surface area (Å²) in [5.41, 5.74) is 4.73. The van der Waals surface area contributed by atoms with Crippen LogP contribution in [0.2, 0.25) is 0 Å². The van der Waals surface area contributed by atoms with Crippen LogP contribution in [0.1, 0.15) is 35.6 Å². The maximum Gasteiger partial charge on any atom is 0.223 e. The molecule has 1 fully saturated rings. The van der Waals surface area contributed by atoms with E-state index in [1.807, 2.05) is 15.9 Å². The van der Waals surface area contributed by atoms with Crippen molar-refractivity contribution < 1.29 is 14.3 Å². The zero-order valence-corrected chi connectivity index (χ0v) is 19.2. The molecule has 2 aromatic rings. The highest BCUT2D eigenvalue weighted by Gasteiger charge is 2.22. The number of amides is 2. The average molecular weight is 436 g/mol. The molecule has 32 heavy (non-hydrogen) atoms. The van der Waals surface area contributed by atoms with Crippen LogP contribution in [-0.2, 0) is 29.1 Å². The Labute approximate surface area is 190 Å². The molecule has 1 saturated heterocycles. The molecule has 0 bridgehead atoms. The molecule has 0 saturated carbocycles. The van der Waals surface area contributed by atoms with Gasteiger partial charge in [0.25, 0.3) is 0 Å². The van der Waals surface area contributed by atoms with E-state index in [1.54, 1.807) is 6.92 Å². The summed E-state index contributed by atoms with van der Waals surface area (Å²) in [6, 6.07) is 14.7. The lowest BCUT2D eigenvalue weighted by Gasteiger charge is -2.34. The summed E-state index contributed by atoms with van der Waals surface area (Å²) in [5, 5.41) is 0. The lowest BCUT2D eigenvalue weighted by atomic mass is 10.1. The standard InChI is InChI=1S/C26H33N3O3/c1-20-3-5-22(6-4-20)8-10-26(31)29-15-16-32-25-9-7-23(17-24(25)19-29)18-27-11-13-28(14-12-27)21(2)30/h3-7,9,17H,8,10-16,18-19H2,1-2H3. The molecular weight excluding hydrogens is 402 g/mol. The summed E-state index contributed by atoms with van der Waals surface area (Å²) in [4.78, 5) is 30.7. The first-order valence-electron chi connectivity index (χ1n) is 11.5. The van der Waals surface area contributed by atoms with E-state index in [1.165, 1.54) is 16.7 Å². The van der Waals surface area contributed by atoms with E-state index in [0.717, 1.165) is 50.5 Å². The van der Waals surface area contributed by atoms with Crippen molar-refractivity contribution in [3.8, 4) is 5.75 Å². The average Bonchev–Trinajstić information content (AvgIpc) is 3.01. The van der Waals surface area contributed by atoms with Gasteiger partial charge >= 0.3 is 0 Å². The molecule has 0 radical (unpaired) electrons. The molecule has 2 aliphatic heterocycles. The second kappa shape index (κ2) is 10.2. The maximum absolute atomic E-state index is 12.9. The number of rotatable bonds is 5. The Morgan fingerprint density at radius 1 is 0.906 bits per heavy atom. The number of carbonyl (C=O) groups is 2. The molecule has 2 heterocycles. The van der Waals surface area contributed by atoms with Crippen LogP contribution in [-0.4, -0.2) is 65.8 Å². The van der Waals surface area contributed by atoms with E-state index in [0.29, 0.717) is 26.1 Å². The Morgan fingerprint density at radius 2 is 1.62 bits per heavy atom. The number of nitrogens with zero attached hydrogens (tertiary/aromatic N) is 3. The number of benzene rings is 2. The molecule has 0 atom stereocenters.